The van der Waals surface area contributed by atoms with Crippen molar-refractivity contribution in [1.29, 1.82) is 0 Å². The third-order valence-corrected chi connectivity index (χ3v) is 2.53. The van der Waals surface area contributed by atoms with Gasteiger partial charge in [0.1, 0.15) is 0 Å². The molecule has 0 saturated carbocycles. The Kier molecular flexibility index (Phi) is 2.10. The van der Waals surface area contributed by atoms with Gasteiger partial charge in [0.05, 0.1) is 0 Å². The van der Waals surface area contributed by atoms with Gasteiger partial charge in [0.2, 0.25) is 0 Å². The van der Waals surface area contributed by atoms with Crippen LogP contribution in [0.4, 0.5) is 0 Å². The number of hydrogen-bond donors (Lipinski definition) is 3. The Morgan fingerprint density at radius 1 is 1.23 bits per heavy atom. The third kappa shape index (κ3) is 1.60. The van der Waals surface area contributed by atoms with E-state index in [1.807, 2.05) is 6.07 Å². The molecule has 1 aliphatic heterocycles. The van der Waals surface area contributed by atoms with Crippen LogP contribution in [0.5, 0.6) is 11.5 Å². The molecule has 0 spiro atoms. The van der Waals surface area contributed by atoms with Crippen molar-refractivity contribution in [3.8, 4) is 11.5 Å². The minimum Gasteiger partial charge on any atom is -0.504 e. The zero-order chi connectivity index (χ0) is 9.26. The van der Waals surface area contributed by atoms with Crippen LogP contribution in [0.25, 0.3) is 0 Å². The molecule has 1 heterocycles. The lowest BCUT2D eigenvalue weighted by Gasteiger charge is -2.09. The summed E-state index contributed by atoms with van der Waals surface area (Å²) >= 11 is 0. The van der Waals surface area contributed by atoms with E-state index in [9.17, 15) is 5.11 Å². The van der Waals surface area contributed by atoms with E-state index >= 15 is 0 Å². The van der Waals surface area contributed by atoms with E-state index in [4.69, 9.17) is 5.11 Å². The van der Waals surface area contributed by atoms with Crippen molar-refractivity contribution < 1.29 is 10.2 Å². The Bertz CT molecular complexity index is 306. The van der Waals surface area contributed by atoms with E-state index in [1.165, 1.54) is 0 Å². The summed E-state index contributed by atoms with van der Waals surface area (Å²) in [5.74, 6) is 0.408. The standard InChI is InChI=1S/C10H13NO2/c12-9-2-1-7(5-10(9)13)8-3-4-11-6-8/h1-2,5,8,11-13H,3-4,6H2. The number of hydrogen-bond acceptors (Lipinski definition) is 3. The average Bonchev–Trinajstić information content (AvgIpc) is 2.62. The van der Waals surface area contributed by atoms with E-state index in [0.717, 1.165) is 25.1 Å². The van der Waals surface area contributed by atoms with Gasteiger partial charge in [-0.25, -0.2) is 0 Å². The number of benzene rings is 1. The Hall–Kier alpha value is -1.22. The maximum absolute atomic E-state index is 9.29. The number of rotatable bonds is 1. The fourth-order valence-electron chi connectivity index (χ4n) is 1.73. The molecule has 1 unspecified atom stereocenters. The van der Waals surface area contributed by atoms with Crippen LogP contribution in [-0.4, -0.2) is 23.3 Å². The van der Waals surface area contributed by atoms with Crippen LogP contribution in [0.1, 0.15) is 17.9 Å². The zero-order valence-electron chi connectivity index (χ0n) is 7.33. The maximum Gasteiger partial charge on any atom is 0.157 e. The Morgan fingerprint density at radius 3 is 2.69 bits per heavy atom. The zero-order valence-corrected chi connectivity index (χ0v) is 7.33. The molecule has 0 amide bonds. The van der Waals surface area contributed by atoms with Crippen molar-refractivity contribution in [3.63, 3.8) is 0 Å². The second-order valence-corrected chi connectivity index (χ2v) is 3.44. The number of nitrogens with one attached hydrogen (secondary N) is 1. The van der Waals surface area contributed by atoms with Gasteiger partial charge in [0, 0.05) is 6.54 Å². The first kappa shape index (κ1) is 8.38. The third-order valence-electron chi connectivity index (χ3n) is 2.53. The highest BCUT2D eigenvalue weighted by Gasteiger charge is 2.17. The molecule has 0 aliphatic carbocycles. The van der Waals surface area contributed by atoms with E-state index in [0.29, 0.717) is 5.92 Å². The summed E-state index contributed by atoms with van der Waals surface area (Å²) in [5.41, 5.74) is 1.10. The smallest absolute Gasteiger partial charge is 0.157 e. The van der Waals surface area contributed by atoms with Gasteiger partial charge in [-0.1, -0.05) is 6.07 Å². The van der Waals surface area contributed by atoms with Crippen molar-refractivity contribution in [2.75, 3.05) is 13.1 Å². The van der Waals surface area contributed by atoms with Crippen molar-refractivity contribution >= 4 is 0 Å². The molecule has 0 radical (unpaired) electrons. The molecule has 1 aromatic rings. The van der Waals surface area contributed by atoms with Crippen molar-refractivity contribution in [3.05, 3.63) is 23.8 Å². The van der Waals surface area contributed by atoms with Gasteiger partial charge in [-0.3, -0.25) is 0 Å². The quantitative estimate of drug-likeness (QED) is 0.567. The van der Waals surface area contributed by atoms with Crippen molar-refractivity contribution in [1.82, 2.24) is 5.32 Å². The molecule has 70 valence electrons. The number of phenols is 2. The molecule has 0 bridgehead atoms. The molecule has 1 atom stereocenters. The van der Waals surface area contributed by atoms with Crippen LogP contribution < -0.4 is 5.32 Å². The van der Waals surface area contributed by atoms with Gasteiger partial charge >= 0.3 is 0 Å². The highest BCUT2D eigenvalue weighted by Crippen LogP contribution is 2.30. The van der Waals surface area contributed by atoms with E-state index in [-0.39, 0.29) is 11.5 Å². The van der Waals surface area contributed by atoms with Crippen LogP contribution in [0.3, 0.4) is 0 Å². The molecule has 0 aromatic heterocycles. The summed E-state index contributed by atoms with van der Waals surface area (Å²) in [6, 6.07) is 5.06. The van der Waals surface area contributed by atoms with Crippen LogP contribution in [-0.2, 0) is 0 Å². The highest BCUT2D eigenvalue weighted by atomic mass is 16.3. The highest BCUT2D eigenvalue weighted by molar-refractivity contribution is 5.41. The molecule has 1 fully saturated rings. The van der Waals surface area contributed by atoms with Gasteiger partial charge in [-0.05, 0) is 36.6 Å². The van der Waals surface area contributed by atoms with Crippen LogP contribution in [0.2, 0.25) is 0 Å². The minimum atomic E-state index is -0.0466. The molecule has 1 aromatic carbocycles. The fraction of sp³-hybridized carbons (Fsp3) is 0.400. The topological polar surface area (TPSA) is 52.5 Å². The van der Waals surface area contributed by atoms with Gasteiger partial charge < -0.3 is 15.5 Å². The first-order chi connectivity index (χ1) is 6.27. The lowest BCUT2D eigenvalue weighted by molar-refractivity contribution is 0.402. The number of phenolic OH excluding ortho intramolecular Hbond substituents is 2. The molecule has 1 aliphatic rings. The van der Waals surface area contributed by atoms with Gasteiger partial charge in [0.15, 0.2) is 11.5 Å². The fourth-order valence-corrected chi connectivity index (χ4v) is 1.73. The normalized spacial score (nSPS) is 22.0. The Balaban J connectivity index is 2.25. The first-order valence-corrected chi connectivity index (χ1v) is 4.50. The lowest BCUT2D eigenvalue weighted by atomic mass is 9.98. The molecular weight excluding hydrogens is 166 g/mol. The van der Waals surface area contributed by atoms with Gasteiger partial charge in [0.25, 0.3) is 0 Å². The monoisotopic (exact) mass is 179 g/mol. The minimum absolute atomic E-state index is 0.0237. The molecule has 13 heavy (non-hydrogen) atoms. The number of aromatic hydroxyl groups is 2. The predicted molar refractivity (Wildman–Crippen MR) is 50.0 cm³/mol. The second-order valence-electron chi connectivity index (χ2n) is 3.44. The van der Waals surface area contributed by atoms with Crippen LogP contribution >= 0.6 is 0 Å². The largest absolute Gasteiger partial charge is 0.504 e. The van der Waals surface area contributed by atoms with E-state index < -0.39 is 0 Å². The molecule has 3 heteroatoms. The van der Waals surface area contributed by atoms with Crippen LogP contribution in [0, 0.1) is 0 Å². The second kappa shape index (κ2) is 3.26. The summed E-state index contributed by atoms with van der Waals surface area (Å²) in [4.78, 5) is 0. The molecule has 1 saturated heterocycles. The van der Waals surface area contributed by atoms with Gasteiger partial charge in [-0.2, -0.15) is 0 Å². The summed E-state index contributed by atoms with van der Waals surface area (Å²) in [6.45, 7) is 2.00. The molecule has 3 N–H and O–H groups in total. The SMILES string of the molecule is Oc1ccc(C2CCNC2)cc1O. The van der Waals surface area contributed by atoms with Gasteiger partial charge in [-0.15, -0.1) is 0 Å². The summed E-state index contributed by atoms with van der Waals surface area (Å²) in [6.07, 6.45) is 1.10. The molecule has 2 rings (SSSR count). The lowest BCUT2D eigenvalue weighted by Crippen LogP contribution is -2.07. The van der Waals surface area contributed by atoms with Crippen molar-refractivity contribution in [2.24, 2.45) is 0 Å². The molecule has 3 nitrogen and oxygen atoms in total. The van der Waals surface area contributed by atoms with E-state index in [2.05, 4.69) is 5.32 Å². The van der Waals surface area contributed by atoms with Crippen LogP contribution in [0.15, 0.2) is 18.2 Å². The molecular formula is C10H13NO2. The first-order valence-electron chi connectivity index (χ1n) is 4.50. The van der Waals surface area contributed by atoms with Crippen molar-refractivity contribution in [2.45, 2.75) is 12.3 Å². The van der Waals surface area contributed by atoms with E-state index in [1.54, 1.807) is 12.1 Å². The summed E-state index contributed by atoms with van der Waals surface area (Å²) < 4.78 is 0. The summed E-state index contributed by atoms with van der Waals surface area (Å²) in [7, 11) is 0. The average molecular weight is 179 g/mol. The predicted octanol–water partition coefficient (Wildman–Crippen LogP) is 1.17. The Morgan fingerprint density at radius 2 is 2.08 bits per heavy atom. The Labute approximate surface area is 77.0 Å². The summed E-state index contributed by atoms with van der Waals surface area (Å²) in [5, 5.41) is 21.7. The maximum atomic E-state index is 9.29.